The summed E-state index contributed by atoms with van der Waals surface area (Å²) in [5.41, 5.74) is 0.962. The lowest BCUT2D eigenvalue weighted by atomic mass is 9.99. The molecule has 1 heterocycles. The van der Waals surface area contributed by atoms with E-state index in [1.807, 2.05) is 12.1 Å². The van der Waals surface area contributed by atoms with Crippen molar-refractivity contribution >= 4 is 29.1 Å². The van der Waals surface area contributed by atoms with Crippen LogP contribution in [0.3, 0.4) is 0 Å². The number of benzene rings is 2. The quantitative estimate of drug-likeness (QED) is 0.385. The summed E-state index contributed by atoms with van der Waals surface area (Å²) in [7, 11) is 0. The van der Waals surface area contributed by atoms with Gasteiger partial charge in [0.25, 0.3) is 5.91 Å². The van der Waals surface area contributed by atoms with Crippen molar-refractivity contribution in [3.05, 3.63) is 83.6 Å². The molecule has 9 heteroatoms. The smallest absolute Gasteiger partial charge is 0.416 e. The molecule has 0 spiro atoms. The largest absolute Gasteiger partial charge is 0.452 e. The Kier molecular flexibility index (Phi) is 7.88. The summed E-state index contributed by atoms with van der Waals surface area (Å²) >= 11 is 0. The van der Waals surface area contributed by atoms with E-state index in [2.05, 4.69) is 29.5 Å². The zero-order chi connectivity index (χ0) is 24.7. The van der Waals surface area contributed by atoms with Crippen molar-refractivity contribution in [2.75, 3.05) is 17.2 Å². The second-order valence-corrected chi connectivity index (χ2v) is 7.66. The fraction of sp³-hybridized carbons (Fsp3) is 0.240. The van der Waals surface area contributed by atoms with E-state index in [1.54, 1.807) is 12.1 Å². The van der Waals surface area contributed by atoms with Gasteiger partial charge in [-0.3, -0.25) is 4.79 Å². The first-order chi connectivity index (χ1) is 16.2. The van der Waals surface area contributed by atoms with Gasteiger partial charge in [-0.25, -0.2) is 9.78 Å². The maximum absolute atomic E-state index is 13.0. The Labute approximate surface area is 195 Å². The van der Waals surface area contributed by atoms with E-state index in [0.29, 0.717) is 11.6 Å². The Bertz CT molecular complexity index is 1150. The third-order valence-corrected chi connectivity index (χ3v) is 5.19. The summed E-state index contributed by atoms with van der Waals surface area (Å²) in [5.74, 6) is -0.956. The zero-order valence-corrected chi connectivity index (χ0v) is 18.6. The lowest BCUT2D eigenvalue weighted by Gasteiger charge is -2.13. The molecule has 1 atom stereocenters. The van der Waals surface area contributed by atoms with Gasteiger partial charge in [-0.1, -0.05) is 32.0 Å². The van der Waals surface area contributed by atoms with Gasteiger partial charge in [-0.15, -0.1) is 0 Å². The molecule has 3 aromatic rings. The number of anilines is 3. The van der Waals surface area contributed by atoms with Gasteiger partial charge < -0.3 is 15.4 Å². The number of halogens is 3. The number of alkyl halides is 3. The highest BCUT2D eigenvalue weighted by Crippen LogP contribution is 2.31. The molecule has 0 radical (unpaired) electrons. The van der Waals surface area contributed by atoms with Crippen LogP contribution >= 0.6 is 0 Å². The molecule has 1 aromatic heterocycles. The SMILES string of the molecule is CC[C@H](C)c1ccc(NC(=O)COC(=O)c2cccnc2Nc2cccc(C(F)(F)F)c2)cc1. The van der Waals surface area contributed by atoms with Gasteiger partial charge in [-0.05, 0) is 60.4 Å². The number of nitrogens with one attached hydrogen (secondary N) is 2. The number of carbonyl (C=O) groups is 2. The van der Waals surface area contributed by atoms with E-state index in [0.717, 1.165) is 24.1 Å². The van der Waals surface area contributed by atoms with Crippen molar-refractivity contribution in [1.29, 1.82) is 0 Å². The number of hydrogen-bond acceptors (Lipinski definition) is 5. The van der Waals surface area contributed by atoms with Crippen LogP contribution in [0.5, 0.6) is 0 Å². The Morgan fingerprint density at radius 3 is 2.44 bits per heavy atom. The summed E-state index contributed by atoms with van der Waals surface area (Å²) in [6.07, 6.45) is -2.13. The molecule has 6 nitrogen and oxygen atoms in total. The average molecular weight is 471 g/mol. The number of pyridine rings is 1. The number of esters is 1. The van der Waals surface area contributed by atoms with Crippen LogP contribution in [0.1, 0.15) is 47.7 Å². The first kappa shape index (κ1) is 24.8. The van der Waals surface area contributed by atoms with Crippen molar-refractivity contribution in [2.45, 2.75) is 32.4 Å². The molecule has 0 aliphatic carbocycles. The fourth-order valence-electron chi connectivity index (χ4n) is 3.12. The minimum absolute atomic E-state index is 0.00728. The van der Waals surface area contributed by atoms with E-state index < -0.39 is 30.2 Å². The molecule has 0 saturated carbocycles. The predicted octanol–water partition coefficient (Wildman–Crippen LogP) is 6.15. The molecule has 0 bridgehead atoms. The van der Waals surface area contributed by atoms with Crippen molar-refractivity contribution in [2.24, 2.45) is 0 Å². The lowest BCUT2D eigenvalue weighted by Crippen LogP contribution is -2.21. The van der Waals surface area contributed by atoms with Crippen molar-refractivity contribution in [1.82, 2.24) is 4.98 Å². The number of nitrogens with zero attached hydrogens (tertiary/aromatic N) is 1. The second-order valence-electron chi connectivity index (χ2n) is 7.66. The van der Waals surface area contributed by atoms with Crippen LogP contribution in [-0.4, -0.2) is 23.5 Å². The first-order valence-corrected chi connectivity index (χ1v) is 10.6. The molecular formula is C25H24F3N3O3. The highest BCUT2D eigenvalue weighted by atomic mass is 19.4. The van der Waals surface area contributed by atoms with Gasteiger partial charge in [0.15, 0.2) is 6.61 Å². The molecule has 0 aliphatic heterocycles. The van der Waals surface area contributed by atoms with Crippen molar-refractivity contribution < 1.29 is 27.5 Å². The van der Waals surface area contributed by atoms with Crippen LogP contribution in [0.4, 0.5) is 30.4 Å². The number of aromatic nitrogens is 1. The Morgan fingerprint density at radius 2 is 1.76 bits per heavy atom. The van der Waals surface area contributed by atoms with E-state index in [1.165, 1.54) is 30.5 Å². The molecule has 0 fully saturated rings. The third-order valence-electron chi connectivity index (χ3n) is 5.19. The van der Waals surface area contributed by atoms with Gasteiger partial charge in [0.2, 0.25) is 0 Å². The second kappa shape index (κ2) is 10.8. The molecular weight excluding hydrogens is 447 g/mol. The lowest BCUT2D eigenvalue weighted by molar-refractivity contribution is -0.137. The van der Waals surface area contributed by atoms with Crippen LogP contribution in [-0.2, 0) is 15.7 Å². The topological polar surface area (TPSA) is 80.3 Å². The van der Waals surface area contributed by atoms with Gasteiger partial charge >= 0.3 is 12.1 Å². The van der Waals surface area contributed by atoms with Crippen molar-refractivity contribution in [3.8, 4) is 0 Å². The molecule has 34 heavy (non-hydrogen) atoms. The van der Waals surface area contributed by atoms with Crippen LogP contribution in [0.15, 0.2) is 66.9 Å². The summed E-state index contributed by atoms with van der Waals surface area (Å²) < 4.78 is 44.0. The van der Waals surface area contributed by atoms with Gasteiger partial charge in [0.1, 0.15) is 11.4 Å². The third kappa shape index (κ3) is 6.57. The molecule has 0 unspecified atom stereocenters. The molecule has 1 amide bonds. The van der Waals surface area contributed by atoms with E-state index >= 15 is 0 Å². The van der Waals surface area contributed by atoms with Gasteiger partial charge in [0.05, 0.1) is 5.56 Å². The van der Waals surface area contributed by atoms with Crippen LogP contribution in [0.25, 0.3) is 0 Å². The van der Waals surface area contributed by atoms with Crippen molar-refractivity contribution in [3.63, 3.8) is 0 Å². The minimum atomic E-state index is -4.51. The van der Waals surface area contributed by atoms with Crippen LogP contribution < -0.4 is 10.6 Å². The normalized spacial score (nSPS) is 12.0. The Balaban J connectivity index is 1.62. The van der Waals surface area contributed by atoms with E-state index in [4.69, 9.17) is 4.74 Å². The average Bonchev–Trinajstić information content (AvgIpc) is 2.82. The summed E-state index contributed by atoms with van der Waals surface area (Å²) in [4.78, 5) is 28.8. The van der Waals surface area contributed by atoms with Crippen LogP contribution in [0.2, 0.25) is 0 Å². The molecule has 0 saturated heterocycles. The van der Waals surface area contributed by atoms with E-state index in [-0.39, 0.29) is 17.1 Å². The molecule has 2 aromatic carbocycles. The number of rotatable bonds is 8. The summed E-state index contributed by atoms with van der Waals surface area (Å²) in [6, 6.07) is 14.8. The van der Waals surface area contributed by atoms with Gasteiger partial charge in [-0.2, -0.15) is 13.2 Å². The number of hydrogen-bond donors (Lipinski definition) is 2. The zero-order valence-electron chi connectivity index (χ0n) is 18.6. The highest BCUT2D eigenvalue weighted by Gasteiger charge is 2.30. The highest BCUT2D eigenvalue weighted by molar-refractivity contribution is 5.98. The molecule has 2 N–H and O–H groups in total. The van der Waals surface area contributed by atoms with E-state index in [9.17, 15) is 22.8 Å². The fourth-order valence-corrected chi connectivity index (χ4v) is 3.12. The number of ether oxygens (including phenoxy) is 1. The Morgan fingerprint density at radius 1 is 1.03 bits per heavy atom. The number of amides is 1. The standard InChI is InChI=1S/C25H24F3N3O3/c1-3-16(2)17-9-11-19(12-10-17)30-22(32)15-34-24(33)21-8-5-13-29-23(21)31-20-7-4-6-18(14-20)25(26,27)28/h4-14,16H,3,15H2,1-2H3,(H,29,31)(H,30,32)/t16-/m0/s1. The Hall–Kier alpha value is -3.88. The molecule has 0 aliphatic rings. The first-order valence-electron chi connectivity index (χ1n) is 10.6. The number of carbonyl (C=O) groups excluding carboxylic acids is 2. The summed E-state index contributed by atoms with van der Waals surface area (Å²) in [5, 5.41) is 5.35. The maximum atomic E-state index is 13.0. The summed E-state index contributed by atoms with van der Waals surface area (Å²) in [6.45, 7) is 3.67. The maximum Gasteiger partial charge on any atom is 0.416 e. The predicted molar refractivity (Wildman–Crippen MR) is 123 cm³/mol. The monoisotopic (exact) mass is 471 g/mol. The van der Waals surface area contributed by atoms with Gasteiger partial charge in [0, 0.05) is 17.6 Å². The molecule has 3 rings (SSSR count). The van der Waals surface area contributed by atoms with Crippen LogP contribution in [0, 0.1) is 0 Å². The minimum Gasteiger partial charge on any atom is -0.452 e. The molecule has 178 valence electrons.